The highest BCUT2D eigenvalue weighted by Gasteiger charge is 2.25. The number of esters is 1. The van der Waals surface area contributed by atoms with Crippen LogP contribution in [0.4, 0.5) is 4.79 Å². The zero-order chi connectivity index (χ0) is 21.3. The molecule has 2 aromatic carbocycles. The molecular formula is C23H29NO5. The predicted molar refractivity (Wildman–Crippen MR) is 111 cm³/mol. The SMILES string of the molecule is CC(C)(C)OC(=O)NC(Cc1ccccc1)C(O)CCOC(=O)c1ccccc1. The summed E-state index contributed by atoms with van der Waals surface area (Å²) in [5, 5.41) is 13.4. The van der Waals surface area contributed by atoms with Crippen molar-refractivity contribution in [1.29, 1.82) is 0 Å². The van der Waals surface area contributed by atoms with E-state index in [-0.39, 0.29) is 13.0 Å². The number of nitrogens with one attached hydrogen (secondary N) is 1. The maximum atomic E-state index is 12.2. The molecule has 29 heavy (non-hydrogen) atoms. The number of carbonyl (C=O) groups excluding carboxylic acids is 2. The number of rotatable bonds is 8. The average Bonchev–Trinajstić information content (AvgIpc) is 2.67. The standard InChI is InChI=1S/C23H29NO5/c1-23(2,3)29-22(27)24-19(16-17-10-6-4-7-11-17)20(25)14-15-28-21(26)18-12-8-5-9-13-18/h4-13,19-20,25H,14-16H2,1-3H3,(H,24,27). The van der Waals surface area contributed by atoms with Gasteiger partial charge in [0.2, 0.25) is 0 Å². The van der Waals surface area contributed by atoms with Crippen LogP contribution in [-0.4, -0.2) is 41.5 Å². The summed E-state index contributed by atoms with van der Waals surface area (Å²) >= 11 is 0. The first kappa shape index (κ1) is 22.4. The van der Waals surface area contributed by atoms with Crippen LogP contribution in [0.25, 0.3) is 0 Å². The second kappa shape index (κ2) is 10.6. The summed E-state index contributed by atoms with van der Waals surface area (Å²) < 4.78 is 10.6. The Hall–Kier alpha value is -2.86. The van der Waals surface area contributed by atoms with Crippen molar-refractivity contribution >= 4 is 12.1 Å². The highest BCUT2D eigenvalue weighted by atomic mass is 16.6. The molecule has 6 heteroatoms. The molecule has 0 bridgehead atoms. The van der Waals surface area contributed by atoms with Gasteiger partial charge in [0, 0.05) is 6.42 Å². The van der Waals surface area contributed by atoms with Crippen LogP contribution in [-0.2, 0) is 15.9 Å². The van der Waals surface area contributed by atoms with E-state index in [1.54, 1.807) is 45.0 Å². The van der Waals surface area contributed by atoms with Crippen LogP contribution in [0.2, 0.25) is 0 Å². The van der Waals surface area contributed by atoms with E-state index < -0.39 is 29.8 Å². The number of carbonyl (C=O) groups is 2. The van der Waals surface area contributed by atoms with Gasteiger partial charge < -0.3 is 19.9 Å². The molecule has 0 fully saturated rings. The molecule has 0 aromatic heterocycles. The van der Waals surface area contributed by atoms with Gasteiger partial charge in [0.1, 0.15) is 5.60 Å². The molecule has 6 nitrogen and oxygen atoms in total. The molecule has 0 spiro atoms. The van der Waals surface area contributed by atoms with Gasteiger partial charge in [-0.05, 0) is 44.9 Å². The van der Waals surface area contributed by atoms with Crippen LogP contribution in [0.1, 0.15) is 43.1 Å². The van der Waals surface area contributed by atoms with Crippen molar-refractivity contribution in [2.45, 2.75) is 51.4 Å². The van der Waals surface area contributed by atoms with Crippen molar-refractivity contribution in [2.75, 3.05) is 6.61 Å². The van der Waals surface area contributed by atoms with Crippen LogP contribution in [0.3, 0.4) is 0 Å². The van der Waals surface area contributed by atoms with Crippen LogP contribution >= 0.6 is 0 Å². The Bertz CT molecular complexity index is 771. The summed E-state index contributed by atoms with van der Waals surface area (Å²) in [6, 6.07) is 17.6. The lowest BCUT2D eigenvalue weighted by molar-refractivity contribution is 0.0298. The quantitative estimate of drug-likeness (QED) is 0.661. The van der Waals surface area contributed by atoms with E-state index in [1.807, 2.05) is 36.4 Å². The number of hydrogen-bond acceptors (Lipinski definition) is 5. The van der Waals surface area contributed by atoms with E-state index in [2.05, 4.69) is 5.32 Å². The first-order valence-electron chi connectivity index (χ1n) is 9.68. The lowest BCUT2D eigenvalue weighted by atomic mass is 9.99. The Morgan fingerprint density at radius 3 is 2.17 bits per heavy atom. The second-order valence-corrected chi connectivity index (χ2v) is 7.80. The minimum absolute atomic E-state index is 0.0379. The molecule has 2 atom stereocenters. The van der Waals surface area contributed by atoms with E-state index in [9.17, 15) is 14.7 Å². The summed E-state index contributed by atoms with van der Waals surface area (Å²) in [6.07, 6.45) is -0.898. The minimum Gasteiger partial charge on any atom is -0.462 e. The average molecular weight is 399 g/mol. The molecule has 0 heterocycles. The third kappa shape index (κ3) is 8.35. The van der Waals surface area contributed by atoms with Gasteiger partial charge in [-0.1, -0.05) is 48.5 Å². The molecular weight excluding hydrogens is 370 g/mol. The van der Waals surface area contributed by atoms with Crippen LogP contribution in [0.5, 0.6) is 0 Å². The van der Waals surface area contributed by atoms with Crippen LogP contribution < -0.4 is 5.32 Å². The van der Waals surface area contributed by atoms with E-state index in [4.69, 9.17) is 9.47 Å². The number of hydrogen-bond donors (Lipinski definition) is 2. The lowest BCUT2D eigenvalue weighted by Gasteiger charge is -2.27. The highest BCUT2D eigenvalue weighted by Crippen LogP contribution is 2.12. The summed E-state index contributed by atoms with van der Waals surface area (Å²) in [6.45, 7) is 5.37. The molecule has 0 aliphatic rings. The van der Waals surface area contributed by atoms with Gasteiger partial charge in [-0.2, -0.15) is 0 Å². The number of alkyl carbamates (subject to hydrolysis) is 1. The maximum Gasteiger partial charge on any atom is 0.407 e. The number of amides is 1. The zero-order valence-corrected chi connectivity index (χ0v) is 17.1. The molecule has 0 saturated heterocycles. The lowest BCUT2D eigenvalue weighted by Crippen LogP contribution is -2.47. The van der Waals surface area contributed by atoms with Gasteiger partial charge >= 0.3 is 12.1 Å². The normalized spacial score (nSPS) is 13.2. The highest BCUT2D eigenvalue weighted by molar-refractivity contribution is 5.89. The summed E-state index contributed by atoms with van der Waals surface area (Å²) in [7, 11) is 0. The van der Waals surface area contributed by atoms with Gasteiger partial charge in [0.05, 0.1) is 24.3 Å². The van der Waals surface area contributed by atoms with E-state index in [0.717, 1.165) is 5.56 Å². The fourth-order valence-electron chi connectivity index (χ4n) is 2.74. The fraction of sp³-hybridized carbons (Fsp3) is 0.391. The van der Waals surface area contributed by atoms with Gasteiger partial charge in [-0.25, -0.2) is 9.59 Å². The summed E-state index contributed by atoms with van der Waals surface area (Å²) in [4.78, 5) is 24.2. The largest absolute Gasteiger partial charge is 0.462 e. The van der Waals surface area contributed by atoms with Crippen molar-refractivity contribution in [3.8, 4) is 0 Å². The molecule has 156 valence electrons. The topological polar surface area (TPSA) is 84.9 Å². The molecule has 0 aliphatic carbocycles. The van der Waals surface area contributed by atoms with E-state index >= 15 is 0 Å². The molecule has 0 aliphatic heterocycles. The number of aliphatic hydroxyl groups is 1. The molecule has 2 rings (SSSR count). The van der Waals surface area contributed by atoms with Crippen molar-refractivity contribution in [1.82, 2.24) is 5.32 Å². The smallest absolute Gasteiger partial charge is 0.407 e. The van der Waals surface area contributed by atoms with Crippen molar-refractivity contribution in [3.63, 3.8) is 0 Å². The number of ether oxygens (including phenoxy) is 2. The van der Waals surface area contributed by atoms with Crippen molar-refractivity contribution in [2.24, 2.45) is 0 Å². The van der Waals surface area contributed by atoms with Gasteiger partial charge in [-0.3, -0.25) is 0 Å². The first-order chi connectivity index (χ1) is 13.7. The third-order valence-corrected chi connectivity index (χ3v) is 4.12. The zero-order valence-electron chi connectivity index (χ0n) is 17.1. The Morgan fingerprint density at radius 2 is 1.59 bits per heavy atom. The van der Waals surface area contributed by atoms with Crippen LogP contribution in [0, 0.1) is 0 Å². The Kier molecular flexibility index (Phi) is 8.21. The summed E-state index contributed by atoms with van der Waals surface area (Å²) in [5.41, 5.74) is 0.779. The van der Waals surface area contributed by atoms with Gasteiger partial charge in [-0.15, -0.1) is 0 Å². The Labute approximate surface area is 171 Å². The fourth-order valence-corrected chi connectivity index (χ4v) is 2.74. The van der Waals surface area contributed by atoms with Gasteiger partial charge in [0.25, 0.3) is 0 Å². The molecule has 2 aromatic rings. The third-order valence-electron chi connectivity index (χ3n) is 4.12. The van der Waals surface area contributed by atoms with E-state index in [1.165, 1.54) is 0 Å². The second-order valence-electron chi connectivity index (χ2n) is 7.80. The molecule has 0 saturated carbocycles. The Balaban J connectivity index is 1.95. The monoisotopic (exact) mass is 399 g/mol. The molecule has 2 N–H and O–H groups in total. The Morgan fingerprint density at radius 1 is 1.00 bits per heavy atom. The van der Waals surface area contributed by atoms with Gasteiger partial charge in [0.15, 0.2) is 0 Å². The number of benzene rings is 2. The molecule has 2 unspecified atom stereocenters. The molecule has 0 radical (unpaired) electrons. The molecule has 1 amide bonds. The van der Waals surface area contributed by atoms with Crippen molar-refractivity contribution < 1.29 is 24.2 Å². The van der Waals surface area contributed by atoms with Crippen molar-refractivity contribution in [3.05, 3.63) is 71.8 Å². The van der Waals surface area contributed by atoms with Crippen LogP contribution in [0.15, 0.2) is 60.7 Å². The minimum atomic E-state index is -0.911. The predicted octanol–water partition coefficient (Wildman–Crippen LogP) is 3.73. The first-order valence-corrected chi connectivity index (χ1v) is 9.68. The summed E-state index contributed by atoms with van der Waals surface area (Å²) in [5.74, 6) is -0.447. The van der Waals surface area contributed by atoms with E-state index in [0.29, 0.717) is 12.0 Å². The number of aliphatic hydroxyl groups excluding tert-OH is 1. The maximum absolute atomic E-state index is 12.2.